The Balaban J connectivity index is 2.34. The largest absolute Gasteiger partial charge is 0.456 e. The maximum absolute atomic E-state index is 8.79. The first-order chi connectivity index (χ1) is 8.60. The summed E-state index contributed by atoms with van der Waals surface area (Å²) in [5, 5.41) is 9.42. The Morgan fingerprint density at radius 3 is 2.61 bits per heavy atom. The molecule has 0 N–H and O–H groups in total. The van der Waals surface area contributed by atoms with Crippen LogP contribution >= 0.6 is 27.5 Å². The maximum Gasteiger partial charge on any atom is 0.141 e. The van der Waals surface area contributed by atoms with Crippen LogP contribution in [-0.2, 0) is 0 Å². The van der Waals surface area contributed by atoms with E-state index in [1.165, 1.54) is 0 Å². The van der Waals surface area contributed by atoms with Gasteiger partial charge in [0, 0.05) is 5.02 Å². The summed E-state index contributed by atoms with van der Waals surface area (Å²) in [6, 6.07) is 12.7. The van der Waals surface area contributed by atoms with Gasteiger partial charge in [-0.1, -0.05) is 17.7 Å². The van der Waals surface area contributed by atoms with Crippen molar-refractivity contribution in [2.24, 2.45) is 0 Å². The number of aryl methyl sites for hydroxylation is 1. The zero-order valence-electron chi connectivity index (χ0n) is 9.58. The summed E-state index contributed by atoms with van der Waals surface area (Å²) in [5.41, 5.74) is 1.58. The predicted molar refractivity (Wildman–Crippen MR) is 75.1 cm³/mol. The highest BCUT2D eigenvalue weighted by Gasteiger charge is 2.06. The lowest BCUT2D eigenvalue weighted by Crippen LogP contribution is -1.89. The van der Waals surface area contributed by atoms with Gasteiger partial charge < -0.3 is 4.74 Å². The second kappa shape index (κ2) is 5.43. The van der Waals surface area contributed by atoms with E-state index < -0.39 is 0 Å². The van der Waals surface area contributed by atoms with E-state index in [1.54, 1.807) is 24.3 Å². The minimum atomic E-state index is 0.581. The predicted octanol–water partition coefficient (Wildman–Crippen LogP) is 5.07. The van der Waals surface area contributed by atoms with E-state index in [9.17, 15) is 0 Å². The first kappa shape index (κ1) is 12.9. The van der Waals surface area contributed by atoms with Gasteiger partial charge in [-0.3, -0.25) is 0 Å². The highest BCUT2D eigenvalue weighted by molar-refractivity contribution is 9.10. The van der Waals surface area contributed by atoms with Gasteiger partial charge in [0.25, 0.3) is 0 Å². The summed E-state index contributed by atoms with van der Waals surface area (Å²) >= 11 is 9.32. The second-order valence-corrected chi connectivity index (χ2v) is 5.06. The van der Waals surface area contributed by atoms with Crippen molar-refractivity contribution in [1.82, 2.24) is 0 Å². The van der Waals surface area contributed by atoms with Crippen molar-refractivity contribution in [2.75, 3.05) is 0 Å². The van der Waals surface area contributed by atoms with Crippen LogP contribution in [0.15, 0.2) is 40.9 Å². The van der Waals surface area contributed by atoms with E-state index >= 15 is 0 Å². The molecule has 0 unspecified atom stereocenters. The Morgan fingerprint density at radius 2 is 1.94 bits per heavy atom. The van der Waals surface area contributed by atoms with E-state index in [4.69, 9.17) is 21.6 Å². The van der Waals surface area contributed by atoms with E-state index in [1.807, 2.05) is 19.1 Å². The molecule has 0 amide bonds. The fraction of sp³-hybridized carbons (Fsp3) is 0.0714. The topological polar surface area (TPSA) is 33.0 Å². The number of ether oxygens (including phenoxy) is 1. The van der Waals surface area contributed by atoms with Gasteiger partial charge in [-0.25, -0.2) is 0 Å². The van der Waals surface area contributed by atoms with E-state index in [0.717, 1.165) is 10.0 Å². The molecular formula is C14H9BrClNO. The molecule has 0 radical (unpaired) electrons. The quantitative estimate of drug-likeness (QED) is 0.773. The SMILES string of the molecule is Cc1ccc(Cl)cc1Oc1ccc(C#N)cc1Br. The highest BCUT2D eigenvalue weighted by Crippen LogP contribution is 2.33. The lowest BCUT2D eigenvalue weighted by Gasteiger charge is -2.10. The number of nitriles is 1. The molecule has 0 heterocycles. The lowest BCUT2D eigenvalue weighted by molar-refractivity contribution is 0.476. The molecule has 0 fully saturated rings. The van der Waals surface area contributed by atoms with Crippen LogP contribution in [-0.4, -0.2) is 0 Å². The van der Waals surface area contributed by atoms with Crippen molar-refractivity contribution >= 4 is 27.5 Å². The molecule has 0 saturated heterocycles. The molecule has 2 nitrogen and oxygen atoms in total. The van der Waals surface area contributed by atoms with Crippen molar-refractivity contribution in [3.8, 4) is 17.6 Å². The molecule has 90 valence electrons. The van der Waals surface area contributed by atoms with Gasteiger partial charge in [-0.2, -0.15) is 5.26 Å². The zero-order valence-corrected chi connectivity index (χ0v) is 11.9. The molecule has 2 aromatic rings. The van der Waals surface area contributed by atoms with Gasteiger partial charge in [0.05, 0.1) is 16.1 Å². The molecule has 0 atom stereocenters. The van der Waals surface area contributed by atoms with Crippen molar-refractivity contribution < 1.29 is 4.74 Å². The van der Waals surface area contributed by atoms with Crippen molar-refractivity contribution in [1.29, 1.82) is 5.26 Å². The Morgan fingerprint density at radius 1 is 1.17 bits per heavy atom. The summed E-state index contributed by atoms with van der Waals surface area (Å²) in [6.45, 7) is 1.95. The normalized spacial score (nSPS) is 9.89. The monoisotopic (exact) mass is 321 g/mol. The molecule has 4 heteroatoms. The third kappa shape index (κ3) is 2.84. The van der Waals surface area contributed by atoms with Gasteiger partial charge in [0.2, 0.25) is 0 Å². The van der Waals surface area contributed by atoms with Crippen molar-refractivity contribution in [2.45, 2.75) is 6.92 Å². The first-order valence-corrected chi connectivity index (χ1v) is 6.41. The molecule has 2 rings (SSSR count). The van der Waals surface area contributed by atoms with Gasteiger partial charge in [-0.05, 0) is 58.7 Å². The Hall–Kier alpha value is -1.50. The van der Waals surface area contributed by atoms with Gasteiger partial charge in [-0.15, -0.1) is 0 Å². The molecular weight excluding hydrogens is 314 g/mol. The molecule has 18 heavy (non-hydrogen) atoms. The molecule has 0 aliphatic rings. The van der Waals surface area contributed by atoms with Crippen LogP contribution in [0.1, 0.15) is 11.1 Å². The molecule has 0 aromatic heterocycles. The maximum atomic E-state index is 8.79. The summed E-state index contributed by atoms with van der Waals surface area (Å²) in [6.07, 6.45) is 0. The number of hydrogen-bond donors (Lipinski definition) is 0. The average molecular weight is 323 g/mol. The second-order valence-electron chi connectivity index (χ2n) is 3.77. The minimum absolute atomic E-state index is 0.581. The molecule has 0 aliphatic heterocycles. The third-order valence-electron chi connectivity index (χ3n) is 2.43. The molecule has 0 spiro atoms. The average Bonchev–Trinajstić information content (AvgIpc) is 2.36. The fourth-order valence-corrected chi connectivity index (χ4v) is 2.08. The molecule has 0 bridgehead atoms. The van der Waals surface area contributed by atoms with E-state index in [2.05, 4.69) is 22.0 Å². The van der Waals surface area contributed by atoms with Gasteiger partial charge in [0.1, 0.15) is 11.5 Å². The van der Waals surface area contributed by atoms with Crippen molar-refractivity contribution in [3.63, 3.8) is 0 Å². The number of rotatable bonds is 2. The molecule has 2 aromatic carbocycles. The summed E-state index contributed by atoms with van der Waals surface area (Å²) in [5.74, 6) is 1.35. The lowest BCUT2D eigenvalue weighted by atomic mass is 10.2. The third-order valence-corrected chi connectivity index (χ3v) is 3.29. The van der Waals surface area contributed by atoms with Crippen LogP contribution in [0.2, 0.25) is 5.02 Å². The van der Waals surface area contributed by atoms with Crippen molar-refractivity contribution in [3.05, 3.63) is 57.0 Å². The van der Waals surface area contributed by atoms with Crippen LogP contribution in [0.3, 0.4) is 0 Å². The van der Waals surface area contributed by atoms with E-state index in [-0.39, 0.29) is 0 Å². The number of benzene rings is 2. The molecule has 0 aliphatic carbocycles. The minimum Gasteiger partial charge on any atom is -0.456 e. The Labute approximate surface area is 119 Å². The van der Waals surface area contributed by atoms with E-state index in [0.29, 0.717) is 22.1 Å². The van der Waals surface area contributed by atoms with Crippen LogP contribution in [0, 0.1) is 18.3 Å². The number of hydrogen-bond acceptors (Lipinski definition) is 2. The summed E-state index contributed by atoms with van der Waals surface area (Å²) in [4.78, 5) is 0. The number of nitrogens with zero attached hydrogens (tertiary/aromatic N) is 1. The van der Waals surface area contributed by atoms with Gasteiger partial charge >= 0.3 is 0 Å². The fourth-order valence-electron chi connectivity index (χ4n) is 1.46. The molecule has 0 saturated carbocycles. The summed E-state index contributed by atoms with van der Waals surface area (Å²) < 4.78 is 6.52. The van der Waals surface area contributed by atoms with Crippen LogP contribution in [0.5, 0.6) is 11.5 Å². The Kier molecular flexibility index (Phi) is 3.90. The standard InChI is InChI=1S/C14H9BrClNO/c1-9-2-4-11(16)7-14(9)18-13-5-3-10(8-17)6-12(13)15/h2-7H,1H3. The van der Waals surface area contributed by atoms with Crippen LogP contribution in [0.25, 0.3) is 0 Å². The smallest absolute Gasteiger partial charge is 0.141 e. The van der Waals surface area contributed by atoms with Gasteiger partial charge in [0.15, 0.2) is 0 Å². The highest BCUT2D eigenvalue weighted by atomic mass is 79.9. The first-order valence-electron chi connectivity index (χ1n) is 5.24. The summed E-state index contributed by atoms with van der Waals surface area (Å²) in [7, 11) is 0. The van der Waals surface area contributed by atoms with Crippen LogP contribution < -0.4 is 4.74 Å². The number of halogens is 2. The zero-order chi connectivity index (χ0) is 13.1. The van der Waals surface area contributed by atoms with Crippen LogP contribution in [0.4, 0.5) is 0 Å². The Bertz CT molecular complexity index is 634.